The molecule has 0 saturated carbocycles. The molecule has 0 N–H and O–H groups in total. The maximum atomic E-state index is 9.55. The van der Waals surface area contributed by atoms with Crippen LogP contribution in [0, 0.1) is 11.3 Å². The van der Waals surface area contributed by atoms with Gasteiger partial charge >= 0.3 is 0 Å². The van der Waals surface area contributed by atoms with Crippen LogP contribution in [0.3, 0.4) is 0 Å². The minimum atomic E-state index is 0.436. The van der Waals surface area contributed by atoms with Crippen LogP contribution in [0.4, 0.5) is 0 Å². The number of nitriles is 1. The number of methoxy groups -OCH3 is 3. The standard InChI is InChI=1S/C21H18N2O4/c1-24-18-7-4-14(5-8-18)20-12-17(23-27-20)10-16(13-22)15-6-9-19(25-2)21(11-15)26-3/h4-12H,1-3H3. The lowest BCUT2D eigenvalue weighted by molar-refractivity contribution is 0.355. The number of aromatic nitrogens is 1. The summed E-state index contributed by atoms with van der Waals surface area (Å²) in [5, 5.41) is 13.6. The third-order valence-electron chi connectivity index (χ3n) is 4.01. The van der Waals surface area contributed by atoms with E-state index < -0.39 is 0 Å². The van der Waals surface area contributed by atoms with Gasteiger partial charge in [-0.25, -0.2) is 0 Å². The van der Waals surface area contributed by atoms with Crippen LogP contribution in [0.25, 0.3) is 23.0 Å². The van der Waals surface area contributed by atoms with E-state index in [9.17, 15) is 5.26 Å². The molecule has 3 aromatic rings. The van der Waals surface area contributed by atoms with Gasteiger partial charge in [0.15, 0.2) is 17.3 Å². The molecule has 0 saturated heterocycles. The fraction of sp³-hybridized carbons (Fsp3) is 0.143. The van der Waals surface area contributed by atoms with E-state index in [1.54, 1.807) is 51.7 Å². The summed E-state index contributed by atoms with van der Waals surface area (Å²) in [7, 11) is 4.73. The highest BCUT2D eigenvalue weighted by atomic mass is 16.5. The molecule has 0 atom stereocenters. The summed E-state index contributed by atoms with van der Waals surface area (Å²) < 4.78 is 21.1. The zero-order valence-corrected chi connectivity index (χ0v) is 15.2. The van der Waals surface area contributed by atoms with E-state index >= 15 is 0 Å². The number of hydrogen-bond acceptors (Lipinski definition) is 6. The van der Waals surface area contributed by atoms with Gasteiger partial charge in [0.1, 0.15) is 11.4 Å². The number of ether oxygens (including phenoxy) is 3. The second kappa shape index (κ2) is 8.11. The highest BCUT2D eigenvalue weighted by Crippen LogP contribution is 2.31. The average molecular weight is 362 g/mol. The summed E-state index contributed by atoms with van der Waals surface area (Å²) in [6.45, 7) is 0. The maximum absolute atomic E-state index is 9.55. The zero-order valence-electron chi connectivity index (χ0n) is 15.2. The lowest BCUT2D eigenvalue weighted by atomic mass is 10.0. The molecule has 0 aliphatic heterocycles. The Morgan fingerprint density at radius 3 is 2.33 bits per heavy atom. The minimum Gasteiger partial charge on any atom is -0.497 e. The molecule has 0 radical (unpaired) electrons. The number of hydrogen-bond donors (Lipinski definition) is 0. The average Bonchev–Trinajstić information content (AvgIpc) is 3.20. The van der Waals surface area contributed by atoms with E-state index in [-0.39, 0.29) is 0 Å². The van der Waals surface area contributed by atoms with E-state index in [1.165, 1.54) is 0 Å². The van der Waals surface area contributed by atoms with Crippen LogP contribution in [-0.2, 0) is 0 Å². The van der Waals surface area contributed by atoms with E-state index in [4.69, 9.17) is 18.7 Å². The molecule has 0 aliphatic carbocycles. The first-order valence-corrected chi connectivity index (χ1v) is 8.14. The molecule has 6 heteroatoms. The lowest BCUT2D eigenvalue weighted by Gasteiger charge is -2.08. The quantitative estimate of drug-likeness (QED) is 0.604. The van der Waals surface area contributed by atoms with Crippen molar-refractivity contribution in [1.82, 2.24) is 5.16 Å². The summed E-state index contributed by atoms with van der Waals surface area (Å²) in [6, 6.07) is 16.7. The summed E-state index contributed by atoms with van der Waals surface area (Å²) in [4.78, 5) is 0. The Labute approximate surface area is 157 Å². The number of benzene rings is 2. The summed E-state index contributed by atoms with van der Waals surface area (Å²) in [6.07, 6.45) is 1.66. The molecule has 2 aromatic carbocycles. The highest BCUT2D eigenvalue weighted by Gasteiger charge is 2.10. The largest absolute Gasteiger partial charge is 0.497 e. The van der Waals surface area contributed by atoms with E-state index in [0.29, 0.717) is 34.1 Å². The van der Waals surface area contributed by atoms with Crippen LogP contribution in [0.2, 0.25) is 0 Å². The Morgan fingerprint density at radius 1 is 0.963 bits per heavy atom. The van der Waals surface area contributed by atoms with Crippen molar-refractivity contribution in [2.45, 2.75) is 0 Å². The van der Waals surface area contributed by atoms with Crippen LogP contribution in [0.1, 0.15) is 11.3 Å². The molecule has 136 valence electrons. The molecule has 1 heterocycles. The normalized spacial score (nSPS) is 11.0. The first-order valence-electron chi connectivity index (χ1n) is 8.14. The Kier molecular flexibility index (Phi) is 5.43. The Morgan fingerprint density at radius 2 is 1.70 bits per heavy atom. The summed E-state index contributed by atoms with van der Waals surface area (Å²) >= 11 is 0. The lowest BCUT2D eigenvalue weighted by Crippen LogP contribution is -1.92. The molecule has 3 rings (SSSR count). The monoisotopic (exact) mass is 362 g/mol. The fourth-order valence-electron chi connectivity index (χ4n) is 2.58. The molecule has 0 spiro atoms. The van der Waals surface area contributed by atoms with Crippen LogP contribution < -0.4 is 14.2 Å². The van der Waals surface area contributed by atoms with Crippen LogP contribution in [0.5, 0.6) is 17.2 Å². The molecule has 1 aromatic heterocycles. The third kappa shape index (κ3) is 3.93. The van der Waals surface area contributed by atoms with Crippen molar-refractivity contribution < 1.29 is 18.7 Å². The Bertz CT molecular complexity index is 998. The molecule has 0 amide bonds. The smallest absolute Gasteiger partial charge is 0.167 e. The van der Waals surface area contributed by atoms with Gasteiger partial charge in [0.05, 0.1) is 33.0 Å². The maximum Gasteiger partial charge on any atom is 0.167 e. The van der Waals surface area contributed by atoms with Crippen LogP contribution in [0.15, 0.2) is 53.1 Å². The number of rotatable bonds is 6. The Hall–Kier alpha value is -3.72. The van der Waals surface area contributed by atoms with Gasteiger partial charge in [0.25, 0.3) is 0 Å². The summed E-state index contributed by atoms with van der Waals surface area (Å²) in [5.41, 5.74) is 2.55. The topological polar surface area (TPSA) is 77.5 Å². The molecular formula is C21H18N2O4. The predicted molar refractivity (Wildman–Crippen MR) is 102 cm³/mol. The van der Waals surface area contributed by atoms with Gasteiger partial charge in [0, 0.05) is 11.6 Å². The molecule has 0 unspecified atom stereocenters. The molecule has 27 heavy (non-hydrogen) atoms. The van der Waals surface area contributed by atoms with Crippen molar-refractivity contribution in [2.75, 3.05) is 21.3 Å². The van der Waals surface area contributed by atoms with Gasteiger partial charge in [-0.2, -0.15) is 5.26 Å². The third-order valence-corrected chi connectivity index (χ3v) is 4.01. The first kappa shape index (κ1) is 18.1. The number of allylic oxidation sites excluding steroid dienone is 1. The van der Waals surface area contributed by atoms with Crippen molar-refractivity contribution in [3.05, 3.63) is 59.8 Å². The highest BCUT2D eigenvalue weighted by molar-refractivity contribution is 5.89. The van der Waals surface area contributed by atoms with Crippen LogP contribution in [-0.4, -0.2) is 26.5 Å². The SMILES string of the molecule is COc1ccc(-c2cc(C=C(C#N)c3ccc(OC)c(OC)c3)no2)cc1. The number of nitrogens with zero attached hydrogens (tertiary/aromatic N) is 2. The predicted octanol–water partition coefficient (Wildman–Crippen LogP) is 4.43. The second-order valence-electron chi connectivity index (χ2n) is 5.58. The van der Waals surface area contributed by atoms with E-state index in [1.807, 2.05) is 24.3 Å². The van der Waals surface area contributed by atoms with Gasteiger partial charge in [-0.15, -0.1) is 0 Å². The Balaban J connectivity index is 1.90. The van der Waals surface area contributed by atoms with Crippen molar-refractivity contribution in [3.63, 3.8) is 0 Å². The molecule has 0 fully saturated rings. The fourth-order valence-corrected chi connectivity index (χ4v) is 2.58. The van der Waals surface area contributed by atoms with Crippen LogP contribution >= 0.6 is 0 Å². The van der Waals surface area contributed by atoms with Crippen molar-refractivity contribution in [2.24, 2.45) is 0 Å². The van der Waals surface area contributed by atoms with E-state index in [2.05, 4.69) is 11.2 Å². The van der Waals surface area contributed by atoms with Gasteiger partial charge in [-0.3, -0.25) is 0 Å². The van der Waals surface area contributed by atoms with Gasteiger partial charge < -0.3 is 18.7 Å². The minimum absolute atomic E-state index is 0.436. The van der Waals surface area contributed by atoms with Crippen molar-refractivity contribution >= 4 is 11.6 Å². The molecule has 6 nitrogen and oxygen atoms in total. The van der Waals surface area contributed by atoms with Crippen molar-refractivity contribution in [1.29, 1.82) is 5.26 Å². The molecule has 0 aliphatic rings. The van der Waals surface area contributed by atoms with Gasteiger partial charge in [-0.1, -0.05) is 5.16 Å². The molecular weight excluding hydrogens is 344 g/mol. The first-order chi connectivity index (χ1) is 13.2. The van der Waals surface area contributed by atoms with E-state index in [0.717, 1.165) is 11.3 Å². The van der Waals surface area contributed by atoms with Gasteiger partial charge in [-0.05, 0) is 54.1 Å². The van der Waals surface area contributed by atoms with Crippen molar-refractivity contribution in [3.8, 4) is 34.6 Å². The summed E-state index contributed by atoms with van der Waals surface area (Å²) in [5.74, 6) is 2.52. The van der Waals surface area contributed by atoms with Gasteiger partial charge in [0.2, 0.25) is 0 Å². The zero-order chi connectivity index (χ0) is 19.2. The molecule has 0 bridgehead atoms. The second-order valence-corrected chi connectivity index (χ2v) is 5.58.